The van der Waals surface area contributed by atoms with Crippen LogP contribution in [-0.2, 0) is 0 Å². The van der Waals surface area contributed by atoms with Gasteiger partial charge in [-0.05, 0) is 56.3 Å². The number of carbonyl (C=O) groups excluding carboxylic acids is 1. The van der Waals surface area contributed by atoms with Crippen molar-refractivity contribution in [1.82, 2.24) is 14.7 Å². The van der Waals surface area contributed by atoms with E-state index in [1.165, 1.54) is 30.8 Å². The predicted molar refractivity (Wildman–Crippen MR) is 98.0 cm³/mol. The standard InChI is InChI=1S/C19H25N3OS/c23-19(21-13-5-7-16(21)15-20-10-3-4-11-20)22-12-2-1-8-17(22)18-9-6-14-24-18/h1-2,6,8-9,12,14,16-17H,3-5,7,10-11,13,15H2/t16-,17?/m0/s1. The summed E-state index contributed by atoms with van der Waals surface area (Å²) in [5, 5.41) is 2.08. The number of likely N-dealkylation sites (tertiary alicyclic amines) is 2. The second kappa shape index (κ2) is 7.11. The molecule has 0 bridgehead atoms. The van der Waals surface area contributed by atoms with E-state index < -0.39 is 0 Å². The molecule has 4 heterocycles. The van der Waals surface area contributed by atoms with Crippen LogP contribution < -0.4 is 0 Å². The molecule has 24 heavy (non-hydrogen) atoms. The van der Waals surface area contributed by atoms with Gasteiger partial charge in [-0.15, -0.1) is 11.3 Å². The van der Waals surface area contributed by atoms with Crippen LogP contribution in [0.15, 0.2) is 41.9 Å². The summed E-state index contributed by atoms with van der Waals surface area (Å²) in [7, 11) is 0. The van der Waals surface area contributed by atoms with Crippen molar-refractivity contribution in [3.63, 3.8) is 0 Å². The molecule has 128 valence electrons. The maximum atomic E-state index is 13.2. The topological polar surface area (TPSA) is 26.8 Å². The summed E-state index contributed by atoms with van der Waals surface area (Å²) >= 11 is 1.71. The zero-order valence-corrected chi connectivity index (χ0v) is 14.8. The number of amides is 2. The van der Waals surface area contributed by atoms with Gasteiger partial charge in [0.15, 0.2) is 0 Å². The van der Waals surface area contributed by atoms with Gasteiger partial charge in [-0.2, -0.15) is 0 Å². The molecule has 5 heteroatoms. The number of urea groups is 1. The summed E-state index contributed by atoms with van der Waals surface area (Å²) in [6, 6.07) is 4.75. The van der Waals surface area contributed by atoms with Crippen molar-refractivity contribution >= 4 is 17.4 Å². The Morgan fingerprint density at radius 2 is 2.04 bits per heavy atom. The van der Waals surface area contributed by atoms with Gasteiger partial charge in [0.05, 0.1) is 6.04 Å². The van der Waals surface area contributed by atoms with Gasteiger partial charge in [0.25, 0.3) is 0 Å². The van der Waals surface area contributed by atoms with Crippen LogP contribution in [0.2, 0.25) is 0 Å². The summed E-state index contributed by atoms with van der Waals surface area (Å²) in [4.78, 5) is 21.0. The second-order valence-corrected chi connectivity index (χ2v) is 7.85. The molecule has 2 saturated heterocycles. The Kier molecular flexibility index (Phi) is 4.72. The molecule has 1 aromatic heterocycles. The molecule has 0 aliphatic carbocycles. The van der Waals surface area contributed by atoms with E-state index in [2.05, 4.69) is 33.4 Å². The van der Waals surface area contributed by atoms with Crippen LogP contribution in [0.5, 0.6) is 0 Å². The SMILES string of the molecule is O=C(N1C=CC=CC1c1cccs1)N1CCC[C@H]1CN1CCCC1. The molecule has 2 amide bonds. The van der Waals surface area contributed by atoms with Crippen molar-refractivity contribution in [2.45, 2.75) is 37.8 Å². The van der Waals surface area contributed by atoms with Crippen LogP contribution in [0, 0.1) is 0 Å². The molecule has 0 spiro atoms. The van der Waals surface area contributed by atoms with E-state index in [0.717, 1.165) is 25.9 Å². The summed E-state index contributed by atoms with van der Waals surface area (Å²) < 4.78 is 0. The molecule has 0 aromatic carbocycles. The first kappa shape index (κ1) is 15.9. The minimum atomic E-state index is 0.0375. The van der Waals surface area contributed by atoms with Gasteiger partial charge in [-0.1, -0.05) is 18.2 Å². The molecular formula is C19H25N3OS. The number of carbonyl (C=O) groups is 1. The maximum absolute atomic E-state index is 13.2. The lowest BCUT2D eigenvalue weighted by Gasteiger charge is -2.35. The molecule has 4 rings (SSSR count). The molecule has 1 aromatic rings. The molecule has 2 atom stereocenters. The van der Waals surface area contributed by atoms with E-state index in [1.807, 2.05) is 23.3 Å². The first-order valence-corrected chi connectivity index (χ1v) is 9.90. The first-order valence-electron chi connectivity index (χ1n) is 9.02. The lowest BCUT2D eigenvalue weighted by molar-refractivity contribution is 0.144. The van der Waals surface area contributed by atoms with Gasteiger partial charge < -0.3 is 9.80 Å². The number of nitrogens with zero attached hydrogens (tertiary/aromatic N) is 3. The normalized spacial score (nSPS) is 27.3. The van der Waals surface area contributed by atoms with E-state index in [4.69, 9.17) is 0 Å². The van der Waals surface area contributed by atoms with E-state index in [1.54, 1.807) is 11.3 Å². The smallest absolute Gasteiger partial charge is 0.320 e. The minimum Gasteiger partial charge on any atom is -0.320 e. The van der Waals surface area contributed by atoms with Crippen LogP contribution >= 0.6 is 11.3 Å². The van der Waals surface area contributed by atoms with E-state index in [0.29, 0.717) is 6.04 Å². The van der Waals surface area contributed by atoms with Gasteiger partial charge >= 0.3 is 6.03 Å². The summed E-state index contributed by atoms with van der Waals surface area (Å²) in [5.41, 5.74) is 0. The Bertz CT molecular complexity index is 619. The van der Waals surface area contributed by atoms with Gasteiger partial charge in [0, 0.05) is 30.2 Å². The van der Waals surface area contributed by atoms with Crippen LogP contribution in [0.3, 0.4) is 0 Å². The van der Waals surface area contributed by atoms with Crippen molar-refractivity contribution in [2.75, 3.05) is 26.2 Å². The van der Waals surface area contributed by atoms with Gasteiger partial charge in [0.1, 0.15) is 0 Å². The third kappa shape index (κ3) is 3.15. The molecule has 0 saturated carbocycles. The quantitative estimate of drug-likeness (QED) is 0.833. The Balaban J connectivity index is 1.48. The Morgan fingerprint density at radius 1 is 1.17 bits per heavy atom. The van der Waals surface area contributed by atoms with Crippen molar-refractivity contribution in [1.29, 1.82) is 0 Å². The first-order chi connectivity index (χ1) is 11.8. The van der Waals surface area contributed by atoms with Crippen LogP contribution in [0.25, 0.3) is 0 Å². The van der Waals surface area contributed by atoms with Gasteiger partial charge in [0.2, 0.25) is 0 Å². The molecule has 2 fully saturated rings. The highest BCUT2D eigenvalue weighted by Crippen LogP contribution is 2.31. The maximum Gasteiger partial charge on any atom is 0.325 e. The molecule has 3 aliphatic rings. The van der Waals surface area contributed by atoms with Crippen molar-refractivity contribution in [2.24, 2.45) is 0 Å². The fraction of sp³-hybridized carbons (Fsp3) is 0.526. The fourth-order valence-electron chi connectivity index (χ4n) is 4.06. The summed E-state index contributed by atoms with van der Waals surface area (Å²) in [6.07, 6.45) is 12.9. The molecule has 4 nitrogen and oxygen atoms in total. The monoisotopic (exact) mass is 343 g/mol. The van der Waals surface area contributed by atoms with E-state index in [-0.39, 0.29) is 12.1 Å². The van der Waals surface area contributed by atoms with Crippen LogP contribution in [-0.4, -0.2) is 53.0 Å². The van der Waals surface area contributed by atoms with Gasteiger partial charge in [-0.25, -0.2) is 4.79 Å². The molecule has 0 radical (unpaired) electrons. The molecule has 0 N–H and O–H groups in total. The lowest BCUT2D eigenvalue weighted by Crippen LogP contribution is -2.48. The Labute approximate surface area is 148 Å². The third-order valence-corrected chi connectivity index (χ3v) is 6.24. The lowest BCUT2D eigenvalue weighted by atomic mass is 10.1. The van der Waals surface area contributed by atoms with Gasteiger partial charge in [-0.3, -0.25) is 4.90 Å². The number of hydrogen-bond donors (Lipinski definition) is 0. The van der Waals surface area contributed by atoms with Crippen molar-refractivity contribution < 1.29 is 4.79 Å². The largest absolute Gasteiger partial charge is 0.325 e. The average molecular weight is 343 g/mol. The minimum absolute atomic E-state index is 0.0375. The second-order valence-electron chi connectivity index (χ2n) is 6.87. The zero-order valence-electron chi connectivity index (χ0n) is 14.0. The highest BCUT2D eigenvalue weighted by Gasteiger charge is 2.35. The van der Waals surface area contributed by atoms with E-state index >= 15 is 0 Å². The Hall–Kier alpha value is -1.59. The van der Waals surface area contributed by atoms with Crippen LogP contribution in [0.1, 0.15) is 36.6 Å². The molecular weight excluding hydrogens is 318 g/mol. The highest BCUT2D eigenvalue weighted by molar-refractivity contribution is 7.10. The number of allylic oxidation sites excluding steroid dienone is 2. The fourth-order valence-corrected chi connectivity index (χ4v) is 4.86. The number of thiophene rings is 1. The molecule has 3 aliphatic heterocycles. The summed E-state index contributed by atoms with van der Waals surface area (Å²) in [6.45, 7) is 4.33. The van der Waals surface area contributed by atoms with Crippen molar-refractivity contribution in [3.05, 3.63) is 46.8 Å². The predicted octanol–water partition coefficient (Wildman–Crippen LogP) is 3.85. The van der Waals surface area contributed by atoms with Crippen molar-refractivity contribution in [3.8, 4) is 0 Å². The molecule has 1 unspecified atom stereocenters. The number of rotatable bonds is 3. The van der Waals surface area contributed by atoms with Crippen LogP contribution in [0.4, 0.5) is 4.79 Å². The number of hydrogen-bond acceptors (Lipinski definition) is 3. The summed E-state index contributed by atoms with van der Waals surface area (Å²) in [5.74, 6) is 0. The highest BCUT2D eigenvalue weighted by atomic mass is 32.1. The third-order valence-electron chi connectivity index (χ3n) is 5.30. The average Bonchev–Trinajstić information content (AvgIpc) is 3.37. The van der Waals surface area contributed by atoms with E-state index in [9.17, 15) is 4.79 Å². The zero-order chi connectivity index (χ0) is 16.4. The Morgan fingerprint density at radius 3 is 2.83 bits per heavy atom.